The summed E-state index contributed by atoms with van der Waals surface area (Å²) < 4.78 is 5.24. The fourth-order valence-electron chi connectivity index (χ4n) is 3.21. The number of amides is 2. The minimum Gasteiger partial charge on any atom is -0.496 e. The molecule has 6 heteroatoms. The van der Waals surface area contributed by atoms with Crippen LogP contribution in [-0.2, 0) is 24.1 Å². The van der Waals surface area contributed by atoms with E-state index in [-0.39, 0.29) is 18.2 Å². The van der Waals surface area contributed by atoms with Crippen LogP contribution in [-0.4, -0.2) is 18.9 Å². The second-order valence-electron chi connectivity index (χ2n) is 6.46. The van der Waals surface area contributed by atoms with Crippen molar-refractivity contribution in [3.8, 4) is 5.75 Å². The summed E-state index contributed by atoms with van der Waals surface area (Å²) in [5.41, 5.74) is 7.10. The number of fused-ring (bicyclic) bond motifs is 1. The molecule has 0 unspecified atom stereocenters. The number of nitrogens with one attached hydrogen (secondary N) is 2. The molecule has 0 spiro atoms. The smallest absolute Gasteiger partial charge is 0.279 e. The molecule has 0 aliphatic heterocycles. The van der Waals surface area contributed by atoms with Crippen LogP contribution in [0.4, 0.5) is 0 Å². The Morgan fingerprint density at radius 3 is 2.65 bits per heavy atom. The van der Waals surface area contributed by atoms with Crippen molar-refractivity contribution < 1.29 is 14.3 Å². The van der Waals surface area contributed by atoms with Crippen LogP contribution in [0.3, 0.4) is 0 Å². The van der Waals surface area contributed by atoms with Crippen molar-refractivity contribution in [2.75, 3.05) is 7.11 Å². The maximum atomic E-state index is 12.4. The molecule has 0 saturated heterocycles. The molecular weight excluding hydrogens is 348 g/mol. The Morgan fingerprint density at radius 2 is 1.85 bits per heavy atom. The molecule has 0 fully saturated rings. The van der Waals surface area contributed by atoms with E-state index in [9.17, 15) is 9.59 Å². The first kappa shape index (κ1) is 18.5. The first-order valence-electron chi connectivity index (χ1n) is 9.00. The van der Waals surface area contributed by atoms with Crippen LogP contribution in [0.15, 0.2) is 30.3 Å². The highest BCUT2D eigenvalue weighted by atomic mass is 32.1. The van der Waals surface area contributed by atoms with Crippen molar-refractivity contribution in [3.05, 3.63) is 51.2 Å². The fourth-order valence-corrected chi connectivity index (χ4v) is 4.36. The molecule has 2 N–H and O–H groups in total. The van der Waals surface area contributed by atoms with Crippen LogP contribution in [0.2, 0.25) is 0 Å². The number of hydrogen-bond donors (Lipinski definition) is 2. The molecule has 5 nitrogen and oxygen atoms in total. The first-order chi connectivity index (χ1) is 12.7. The van der Waals surface area contributed by atoms with Crippen molar-refractivity contribution in [1.82, 2.24) is 10.9 Å². The van der Waals surface area contributed by atoms with Crippen LogP contribution in [0.5, 0.6) is 5.75 Å². The van der Waals surface area contributed by atoms with E-state index in [1.54, 1.807) is 18.4 Å². The van der Waals surface area contributed by atoms with Crippen LogP contribution in [0.25, 0.3) is 0 Å². The van der Waals surface area contributed by atoms with Gasteiger partial charge in [0.05, 0.1) is 18.4 Å². The number of ether oxygens (including phenoxy) is 1. The van der Waals surface area contributed by atoms with Crippen molar-refractivity contribution in [2.45, 2.75) is 44.9 Å². The zero-order chi connectivity index (χ0) is 18.4. The van der Waals surface area contributed by atoms with Gasteiger partial charge in [0.2, 0.25) is 5.91 Å². The average Bonchev–Trinajstić information content (AvgIpc) is 3.02. The molecule has 0 radical (unpaired) electrons. The predicted octanol–water partition coefficient (Wildman–Crippen LogP) is 3.42. The van der Waals surface area contributed by atoms with Gasteiger partial charge in [-0.1, -0.05) is 31.0 Å². The lowest BCUT2D eigenvalue weighted by Gasteiger charge is -2.09. The predicted molar refractivity (Wildman–Crippen MR) is 103 cm³/mol. The Kier molecular flexibility index (Phi) is 6.28. The topological polar surface area (TPSA) is 67.4 Å². The summed E-state index contributed by atoms with van der Waals surface area (Å²) >= 11 is 1.54. The second-order valence-corrected chi connectivity index (χ2v) is 7.60. The van der Waals surface area contributed by atoms with E-state index in [1.165, 1.54) is 36.1 Å². The highest BCUT2D eigenvalue weighted by molar-refractivity contribution is 7.14. The summed E-state index contributed by atoms with van der Waals surface area (Å²) in [5.74, 6) is 0.125. The number of thiophene rings is 1. The molecule has 2 amide bonds. The van der Waals surface area contributed by atoms with Gasteiger partial charge in [-0.05, 0) is 43.4 Å². The molecule has 0 bridgehead atoms. The van der Waals surface area contributed by atoms with E-state index in [2.05, 4.69) is 10.9 Å². The van der Waals surface area contributed by atoms with Crippen LogP contribution in [0, 0.1) is 0 Å². The highest BCUT2D eigenvalue weighted by Gasteiger charge is 2.16. The van der Waals surface area contributed by atoms with Crippen LogP contribution < -0.4 is 15.6 Å². The third-order valence-corrected chi connectivity index (χ3v) is 5.82. The molecular formula is C20H24N2O3S. The number of benzene rings is 1. The lowest BCUT2D eigenvalue weighted by Crippen LogP contribution is -2.42. The molecule has 1 aliphatic rings. The normalized spacial score (nSPS) is 13.9. The summed E-state index contributed by atoms with van der Waals surface area (Å²) in [5, 5.41) is 0. The van der Waals surface area contributed by atoms with Crippen molar-refractivity contribution in [1.29, 1.82) is 0 Å². The minimum absolute atomic E-state index is 0.144. The van der Waals surface area contributed by atoms with Gasteiger partial charge in [0.25, 0.3) is 5.91 Å². The van der Waals surface area contributed by atoms with E-state index in [4.69, 9.17) is 4.74 Å². The second kappa shape index (κ2) is 8.85. The van der Waals surface area contributed by atoms with E-state index in [0.29, 0.717) is 10.6 Å². The monoisotopic (exact) mass is 372 g/mol. The van der Waals surface area contributed by atoms with Crippen LogP contribution in [0.1, 0.15) is 51.4 Å². The van der Waals surface area contributed by atoms with Crippen molar-refractivity contribution in [3.63, 3.8) is 0 Å². The summed E-state index contributed by atoms with van der Waals surface area (Å²) in [6.07, 6.45) is 7.12. The molecule has 2 aromatic rings. The SMILES string of the molecule is COc1ccccc1CC(=O)NNC(=O)c1cc2c(s1)CCCCCC2. The lowest BCUT2D eigenvalue weighted by atomic mass is 10.00. The number of para-hydroxylation sites is 1. The van der Waals surface area contributed by atoms with Gasteiger partial charge in [0.1, 0.15) is 5.75 Å². The van der Waals surface area contributed by atoms with Gasteiger partial charge in [-0.3, -0.25) is 20.4 Å². The first-order valence-corrected chi connectivity index (χ1v) is 9.81. The number of carbonyl (C=O) groups is 2. The molecule has 3 rings (SSSR count). The number of aryl methyl sites for hydroxylation is 2. The summed E-state index contributed by atoms with van der Waals surface area (Å²) in [7, 11) is 1.57. The fraction of sp³-hybridized carbons (Fsp3) is 0.400. The Morgan fingerprint density at radius 1 is 1.08 bits per heavy atom. The Balaban J connectivity index is 1.56. The van der Waals surface area contributed by atoms with Crippen molar-refractivity contribution >= 4 is 23.2 Å². The Hall–Kier alpha value is -2.34. The van der Waals surface area contributed by atoms with Gasteiger partial charge in [-0.2, -0.15) is 0 Å². The van der Waals surface area contributed by atoms with E-state index < -0.39 is 0 Å². The molecule has 1 aromatic heterocycles. The van der Waals surface area contributed by atoms with Gasteiger partial charge >= 0.3 is 0 Å². The third-order valence-electron chi connectivity index (χ3n) is 4.58. The Bertz CT molecular complexity index is 760. The molecule has 0 saturated carbocycles. The van der Waals surface area contributed by atoms with Gasteiger partial charge in [0, 0.05) is 10.4 Å². The molecule has 138 valence electrons. The number of rotatable bonds is 4. The maximum Gasteiger partial charge on any atom is 0.279 e. The number of methoxy groups -OCH3 is 1. The van der Waals surface area contributed by atoms with E-state index >= 15 is 0 Å². The summed E-state index contributed by atoms with van der Waals surface area (Å²) in [6, 6.07) is 9.32. The molecule has 1 heterocycles. The quantitative estimate of drug-likeness (QED) is 0.808. The lowest BCUT2D eigenvalue weighted by molar-refractivity contribution is -0.121. The van der Waals surface area contributed by atoms with E-state index in [0.717, 1.165) is 18.4 Å². The number of hydrogen-bond acceptors (Lipinski definition) is 4. The summed E-state index contributed by atoms with van der Waals surface area (Å²) in [4.78, 5) is 26.5. The largest absolute Gasteiger partial charge is 0.496 e. The Labute approximate surface area is 157 Å². The van der Waals surface area contributed by atoms with Gasteiger partial charge in [-0.25, -0.2) is 0 Å². The highest BCUT2D eigenvalue weighted by Crippen LogP contribution is 2.28. The van der Waals surface area contributed by atoms with Gasteiger partial charge in [-0.15, -0.1) is 11.3 Å². The zero-order valence-electron chi connectivity index (χ0n) is 15.0. The summed E-state index contributed by atoms with van der Waals surface area (Å²) in [6.45, 7) is 0. The molecule has 0 atom stereocenters. The average molecular weight is 372 g/mol. The zero-order valence-corrected chi connectivity index (χ0v) is 15.8. The van der Waals surface area contributed by atoms with Gasteiger partial charge < -0.3 is 4.74 Å². The molecule has 1 aromatic carbocycles. The number of carbonyl (C=O) groups excluding carboxylic acids is 2. The number of hydrazine groups is 1. The maximum absolute atomic E-state index is 12.4. The third kappa shape index (κ3) is 4.64. The minimum atomic E-state index is -0.280. The molecule has 26 heavy (non-hydrogen) atoms. The van der Waals surface area contributed by atoms with E-state index in [1.807, 2.05) is 30.3 Å². The molecule has 1 aliphatic carbocycles. The standard InChI is InChI=1S/C20H24N2O3S/c1-25-16-10-7-6-8-14(16)13-19(23)21-22-20(24)18-12-15-9-4-2-3-5-11-17(15)26-18/h6-8,10,12H,2-5,9,11,13H2,1H3,(H,21,23)(H,22,24). The van der Waals surface area contributed by atoms with Gasteiger partial charge in [0.15, 0.2) is 0 Å². The van der Waals surface area contributed by atoms with Crippen molar-refractivity contribution in [2.24, 2.45) is 0 Å². The van der Waals surface area contributed by atoms with Crippen LogP contribution >= 0.6 is 11.3 Å².